The summed E-state index contributed by atoms with van der Waals surface area (Å²) in [6.45, 7) is 2.76. The number of hydrogen-bond donors (Lipinski definition) is 2. The van der Waals surface area contributed by atoms with Crippen molar-refractivity contribution in [2.75, 3.05) is 16.8 Å². The van der Waals surface area contributed by atoms with Crippen molar-refractivity contribution in [1.29, 1.82) is 0 Å². The largest absolute Gasteiger partial charge is 0.478 e. The van der Waals surface area contributed by atoms with Crippen LogP contribution in [0.4, 0.5) is 11.4 Å². The number of rotatable bonds is 7. The normalized spacial score (nSPS) is 12.7. The zero-order valence-corrected chi connectivity index (χ0v) is 21.0. The van der Waals surface area contributed by atoms with E-state index in [0.717, 1.165) is 28.1 Å². The predicted octanol–water partition coefficient (Wildman–Crippen LogP) is 6.48. The zero-order chi connectivity index (χ0) is 27.1. The molecule has 0 bridgehead atoms. The maximum absolute atomic E-state index is 13.3. The van der Waals surface area contributed by atoms with Gasteiger partial charge < -0.3 is 14.8 Å². The molecule has 0 fully saturated rings. The van der Waals surface area contributed by atoms with Gasteiger partial charge in [-0.15, -0.1) is 0 Å². The number of aromatic carboxylic acids is 1. The molecule has 39 heavy (non-hydrogen) atoms. The second-order valence-corrected chi connectivity index (χ2v) is 9.24. The first-order valence-electron chi connectivity index (χ1n) is 12.5. The van der Waals surface area contributed by atoms with Gasteiger partial charge in [0.25, 0.3) is 11.8 Å². The van der Waals surface area contributed by atoms with Gasteiger partial charge in [-0.05, 0) is 66.1 Å². The molecule has 2 heterocycles. The molecule has 1 aliphatic rings. The topological polar surface area (TPSA) is 113 Å². The van der Waals surface area contributed by atoms with Gasteiger partial charge in [0.15, 0.2) is 5.58 Å². The average molecular weight is 518 g/mol. The van der Waals surface area contributed by atoms with Gasteiger partial charge in [-0.1, -0.05) is 43.3 Å². The molecule has 0 unspecified atom stereocenters. The van der Waals surface area contributed by atoms with Crippen LogP contribution in [-0.2, 0) is 0 Å². The fourth-order valence-corrected chi connectivity index (χ4v) is 4.72. The molecule has 8 nitrogen and oxygen atoms in total. The monoisotopic (exact) mass is 517 g/mol. The highest BCUT2D eigenvalue weighted by Crippen LogP contribution is 2.37. The van der Waals surface area contributed by atoms with Crippen LogP contribution in [-0.4, -0.2) is 34.4 Å². The number of amides is 2. The van der Waals surface area contributed by atoms with Crippen molar-refractivity contribution in [3.05, 3.63) is 102 Å². The van der Waals surface area contributed by atoms with Crippen LogP contribution >= 0.6 is 0 Å². The van der Waals surface area contributed by atoms with Crippen molar-refractivity contribution in [3.63, 3.8) is 0 Å². The predicted molar refractivity (Wildman–Crippen MR) is 148 cm³/mol. The lowest BCUT2D eigenvalue weighted by atomic mass is 10.1. The van der Waals surface area contributed by atoms with Crippen molar-refractivity contribution in [1.82, 2.24) is 4.98 Å². The molecule has 5 aromatic rings. The molecule has 1 aromatic heterocycles. The number of carboxylic acids is 1. The van der Waals surface area contributed by atoms with Gasteiger partial charge in [0.2, 0.25) is 5.89 Å². The number of fused-ring (bicyclic) bond motifs is 2. The summed E-state index contributed by atoms with van der Waals surface area (Å²) in [6.07, 6.45) is 0.888. The van der Waals surface area contributed by atoms with Gasteiger partial charge in [-0.2, -0.15) is 0 Å². The minimum atomic E-state index is -1.17. The number of imide groups is 1. The summed E-state index contributed by atoms with van der Waals surface area (Å²) in [7, 11) is 0. The molecule has 1 aliphatic heterocycles. The van der Waals surface area contributed by atoms with E-state index in [2.05, 4.69) is 12.2 Å². The van der Waals surface area contributed by atoms with Crippen LogP contribution < -0.4 is 10.2 Å². The maximum Gasteiger partial charge on any atom is 0.335 e. The third-order valence-electron chi connectivity index (χ3n) is 6.69. The van der Waals surface area contributed by atoms with Gasteiger partial charge >= 0.3 is 5.97 Å². The van der Waals surface area contributed by atoms with E-state index in [0.29, 0.717) is 34.8 Å². The van der Waals surface area contributed by atoms with Crippen LogP contribution in [0, 0.1) is 0 Å². The standard InChI is InChI=1S/C31H23N3O5/c1-2-14-32-25-12-10-21(34-29(35)22-11-8-20(31(37)38)15-23(22)30(34)36)17-24(25)28-33-26-16-19(9-13-27(26)39-28)18-6-4-3-5-7-18/h3-13,15-17,32H,2,14H2,1H3,(H,37,38). The van der Waals surface area contributed by atoms with Crippen molar-refractivity contribution in [2.45, 2.75) is 13.3 Å². The summed E-state index contributed by atoms with van der Waals surface area (Å²) in [6, 6.07) is 24.9. The Hall–Kier alpha value is -5.24. The van der Waals surface area contributed by atoms with E-state index in [1.54, 1.807) is 18.2 Å². The molecule has 6 rings (SSSR count). The number of carbonyl (C=O) groups is 3. The fourth-order valence-electron chi connectivity index (χ4n) is 4.72. The van der Waals surface area contributed by atoms with Crippen molar-refractivity contribution >= 4 is 40.3 Å². The molecule has 0 saturated heterocycles. The second-order valence-electron chi connectivity index (χ2n) is 9.24. The summed E-state index contributed by atoms with van der Waals surface area (Å²) < 4.78 is 6.14. The third kappa shape index (κ3) is 4.21. The lowest BCUT2D eigenvalue weighted by Gasteiger charge is -2.17. The Morgan fingerprint density at radius 2 is 1.67 bits per heavy atom. The molecule has 0 atom stereocenters. The number of hydrogen-bond acceptors (Lipinski definition) is 6. The van der Waals surface area contributed by atoms with E-state index in [-0.39, 0.29) is 16.7 Å². The van der Waals surface area contributed by atoms with Crippen LogP contribution in [0.25, 0.3) is 33.7 Å². The lowest BCUT2D eigenvalue weighted by Crippen LogP contribution is -2.29. The molecule has 2 amide bonds. The van der Waals surface area contributed by atoms with Crippen LogP contribution in [0.2, 0.25) is 0 Å². The Labute approximate surface area is 223 Å². The Morgan fingerprint density at radius 1 is 0.872 bits per heavy atom. The maximum atomic E-state index is 13.3. The van der Waals surface area contributed by atoms with E-state index < -0.39 is 17.8 Å². The number of aromatic nitrogens is 1. The smallest absolute Gasteiger partial charge is 0.335 e. The van der Waals surface area contributed by atoms with Gasteiger partial charge in [0.1, 0.15) is 5.52 Å². The Balaban J connectivity index is 1.42. The highest BCUT2D eigenvalue weighted by Gasteiger charge is 2.37. The van der Waals surface area contributed by atoms with E-state index in [4.69, 9.17) is 9.40 Å². The number of benzene rings is 4. The SMILES string of the molecule is CCCNc1ccc(N2C(=O)c3ccc(C(=O)O)cc3C2=O)cc1-c1nc2cc(-c3ccccc3)ccc2o1. The first-order valence-corrected chi connectivity index (χ1v) is 12.5. The van der Waals surface area contributed by atoms with Crippen molar-refractivity contribution < 1.29 is 23.9 Å². The fraction of sp³-hybridized carbons (Fsp3) is 0.0968. The molecular formula is C31H23N3O5. The second kappa shape index (κ2) is 9.57. The first kappa shape index (κ1) is 24.1. The highest BCUT2D eigenvalue weighted by molar-refractivity contribution is 6.34. The van der Waals surface area contributed by atoms with Crippen LogP contribution in [0.15, 0.2) is 89.3 Å². The third-order valence-corrected chi connectivity index (χ3v) is 6.69. The minimum Gasteiger partial charge on any atom is -0.478 e. The van der Waals surface area contributed by atoms with Crippen molar-refractivity contribution in [3.8, 4) is 22.6 Å². The molecule has 8 heteroatoms. The number of carbonyl (C=O) groups excluding carboxylic acids is 2. The molecule has 0 spiro atoms. The van der Waals surface area contributed by atoms with Crippen LogP contribution in [0.5, 0.6) is 0 Å². The summed E-state index contributed by atoms with van der Waals surface area (Å²) in [5.74, 6) is -1.92. The van der Waals surface area contributed by atoms with Crippen LogP contribution in [0.3, 0.4) is 0 Å². The van der Waals surface area contributed by atoms with E-state index in [1.165, 1.54) is 18.2 Å². The number of nitrogens with zero attached hydrogens (tertiary/aromatic N) is 2. The average Bonchev–Trinajstić information content (AvgIpc) is 3.50. The van der Waals surface area contributed by atoms with E-state index in [9.17, 15) is 19.5 Å². The number of oxazole rings is 1. The van der Waals surface area contributed by atoms with E-state index >= 15 is 0 Å². The zero-order valence-electron chi connectivity index (χ0n) is 21.0. The van der Waals surface area contributed by atoms with Gasteiger partial charge in [0.05, 0.1) is 27.9 Å². The van der Waals surface area contributed by atoms with Gasteiger partial charge in [-0.3, -0.25) is 9.59 Å². The summed E-state index contributed by atoms with van der Waals surface area (Å²) >= 11 is 0. The van der Waals surface area contributed by atoms with Crippen LogP contribution in [0.1, 0.15) is 44.4 Å². The summed E-state index contributed by atoms with van der Waals surface area (Å²) in [4.78, 5) is 43.7. The number of anilines is 2. The van der Waals surface area contributed by atoms with E-state index in [1.807, 2.05) is 48.5 Å². The van der Waals surface area contributed by atoms with Crippen molar-refractivity contribution in [2.24, 2.45) is 0 Å². The van der Waals surface area contributed by atoms with Gasteiger partial charge in [0, 0.05) is 12.2 Å². The molecule has 0 aliphatic carbocycles. The molecule has 2 N–H and O–H groups in total. The number of nitrogens with one attached hydrogen (secondary N) is 1. The Bertz CT molecular complexity index is 1770. The number of carboxylic acid groups (broad SMARTS) is 1. The minimum absolute atomic E-state index is 0.0575. The lowest BCUT2D eigenvalue weighted by molar-refractivity contribution is 0.0696. The van der Waals surface area contributed by atoms with Gasteiger partial charge in [-0.25, -0.2) is 14.7 Å². The first-order chi connectivity index (χ1) is 18.9. The molecule has 192 valence electrons. The Kier molecular flexibility index (Phi) is 5.92. The summed E-state index contributed by atoms with van der Waals surface area (Å²) in [5.41, 5.74) is 5.21. The summed E-state index contributed by atoms with van der Waals surface area (Å²) in [5, 5.41) is 12.7. The molecule has 0 radical (unpaired) electrons. The Morgan fingerprint density at radius 3 is 2.44 bits per heavy atom. The molecular weight excluding hydrogens is 494 g/mol. The quantitative estimate of drug-likeness (QED) is 0.238. The molecule has 0 saturated carbocycles. The highest BCUT2D eigenvalue weighted by atomic mass is 16.4. The molecule has 4 aromatic carbocycles.